The van der Waals surface area contributed by atoms with Crippen molar-refractivity contribution in [2.24, 2.45) is 17.3 Å². The lowest BCUT2D eigenvalue weighted by Crippen LogP contribution is -2.47. The van der Waals surface area contributed by atoms with Gasteiger partial charge >= 0.3 is 0 Å². The molecule has 2 aliphatic carbocycles. The summed E-state index contributed by atoms with van der Waals surface area (Å²) in [6.45, 7) is 9.54. The Balaban J connectivity index is 1.68. The van der Waals surface area contributed by atoms with E-state index >= 15 is 0 Å². The third kappa shape index (κ3) is 2.75. The minimum Gasteiger partial charge on any atom is -0.311 e. The molecule has 0 bridgehead atoms. The van der Waals surface area contributed by atoms with E-state index in [2.05, 4.69) is 33.0 Å². The molecule has 2 aliphatic rings. The highest BCUT2D eigenvalue weighted by Crippen LogP contribution is 2.39. The maximum Gasteiger partial charge on any atom is 0.00751 e. The molecular formula is C14H27N. The van der Waals surface area contributed by atoms with E-state index in [1.807, 2.05) is 0 Å². The Morgan fingerprint density at radius 1 is 1.13 bits per heavy atom. The number of hydrogen-bond acceptors (Lipinski definition) is 1. The van der Waals surface area contributed by atoms with Gasteiger partial charge < -0.3 is 5.32 Å². The summed E-state index contributed by atoms with van der Waals surface area (Å²) < 4.78 is 0. The summed E-state index contributed by atoms with van der Waals surface area (Å²) in [4.78, 5) is 0. The molecule has 0 radical (unpaired) electrons. The van der Waals surface area contributed by atoms with E-state index in [-0.39, 0.29) is 0 Å². The molecule has 2 rings (SSSR count). The SMILES string of the molecule is CC(C)C1CC(NC2CCC(C)(C)C2)C1. The molecule has 88 valence electrons. The summed E-state index contributed by atoms with van der Waals surface area (Å²) in [6.07, 6.45) is 7.04. The molecule has 0 aromatic rings. The third-order valence-electron chi connectivity index (χ3n) is 4.56. The van der Waals surface area contributed by atoms with E-state index < -0.39 is 0 Å². The summed E-state index contributed by atoms with van der Waals surface area (Å²) in [5.74, 6) is 1.89. The Morgan fingerprint density at radius 2 is 1.80 bits per heavy atom. The van der Waals surface area contributed by atoms with Crippen LogP contribution >= 0.6 is 0 Å². The van der Waals surface area contributed by atoms with E-state index in [9.17, 15) is 0 Å². The van der Waals surface area contributed by atoms with E-state index in [1.165, 1.54) is 32.1 Å². The zero-order valence-electron chi connectivity index (χ0n) is 10.8. The summed E-state index contributed by atoms with van der Waals surface area (Å²) in [7, 11) is 0. The van der Waals surface area contributed by atoms with E-state index in [0.29, 0.717) is 5.41 Å². The predicted molar refractivity (Wildman–Crippen MR) is 65.9 cm³/mol. The van der Waals surface area contributed by atoms with Crippen molar-refractivity contribution in [1.82, 2.24) is 5.32 Å². The fourth-order valence-electron chi connectivity index (χ4n) is 3.25. The van der Waals surface area contributed by atoms with Gasteiger partial charge in [-0.15, -0.1) is 0 Å². The second-order valence-electron chi connectivity index (χ2n) is 6.94. The monoisotopic (exact) mass is 209 g/mol. The average molecular weight is 209 g/mol. The second kappa shape index (κ2) is 4.08. The van der Waals surface area contributed by atoms with Crippen LogP contribution < -0.4 is 5.32 Å². The molecule has 0 saturated heterocycles. The van der Waals surface area contributed by atoms with Gasteiger partial charge in [0.05, 0.1) is 0 Å². The molecule has 1 atom stereocenters. The third-order valence-corrected chi connectivity index (χ3v) is 4.56. The Bertz CT molecular complexity index is 213. The van der Waals surface area contributed by atoms with Crippen LogP contribution in [0.4, 0.5) is 0 Å². The molecule has 2 fully saturated rings. The number of hydrogen-bond donors (Lipinski definition) is 1. The van der Waals surface area contributed by atoms with Crippen molar-refractivity contribution >= 4 is 0 Å². The topological polar surface area (TPSA) is 12.0 Å². The van der Waals surface area contributed by atoms with Crippen LogP contribution in [0.25, 0.3) is 0 Å². The van der Waals surface area contributed by atoms with Gasteiger partial charge in [-0.1, -0.05) is 27.7 Å². The first-order valence-corrected chi connectivity index (χ1v) is 6.72. The largest absolute Gasteiger partial charge is 0.311 e. The standard InChI is InChI=1S/C14H27N/c1-10(2)11-7-13(8-11)15-12-5-6-14(3,4)9-12/h10-13,15H,5-9H2,1-4H3. The Labute approximate surface area is 95.0 Å². The summed E-state index contributed by atoms with van der Waals surface area (Å²) >= 11 is 0. The van der Waals surface area contributed by atoms with Gasteiger partial charge in [0.25, 0.3) is 0 Å². The fraction of sp³-hybridized carbons (Fsp3) is 1.00. The fourth-order valence-corrected chi connectivity index (χ4v) is 3.25. The molecule has 0 aliphatic heterocycles. The average Bonchev–Trinajstić information content (AvgIpc) is 2.36. The van der Waals surface area contributed by atoms with Crippen molar-refractivity contribution in [3.63, 3.8) is 0 Å². The van der Waals surface area contributed by atoms with Crippen molar-refractivity contribution in [2.45, 2.75) is 71.9 Å². The molecule has 1 nitrogen and oxygen atoms in total. The van der Waals surface area contributed by atoms with Crippen LogP contribution in [0.1, 0.15) is 59.8 Å². The molecule has 0 aromatic heterocycles. The van der Waals surface area contributed by atoms with Crippen LogP contribution in [-0.2, 0) is 0 Å². The van der Waals surface area contributed by atoms with E-state index in [1.54, 1.807) is 0 Å². The lowest BCUT2D eigenvalue weighted by molar-refractivity contribution is 0.155. The van der Waals surface area contributed by atoms with Gasteiger partial charge in [0.1, 0.15) is 0 Å². The van der Waals surface area contributed by atoms with Crippen LogP contribution in [0.2, 0.25) is 0 Å². The van der Waals surface area contributed by atoms with Crippen molar-refractivity contribution in [3.8, 4) is 0 Å². The van der Waals surface area contributed by atoms with Crippen molar-refractivity contribution in [2.75, 3.05) is 0 Å². The van der Waals surface area contributed by atoms with Crippen LogP contribution in [0, 0.1) is 17.3 Å². The first-order chi connectivity index (χ1) is 6.96. The van der Waals surface area contributed by atoms with Gasteiger partial charge in [0, 0.05) is 12.1 Å². The maximum atomic E-state index is 3.86. The summed E-state index contributed by atoms with van der Waals surface area (Å²) in [5.41, 5.74) is 0.596. The lowest BCUT2D eigenvalue weighted by atomic mass is 9.73. The van der Waals surface area contributed by atoms with Gasteiger partial charge in [-0.2, -0.15) is 0 Å². The first-order valence-electron chi connectivity index (χ1n) is 6.72. The quantitative estimate of drug-likeness (QED) is 0.749. The number of rotatable bonds is 3. The number of nitrogens with one attached hydrogen (secondary N) is 1. The summed E-state index contributed by atoms with van der Waals surface area (Å²) in [5, 5.41) is 3.86. The van der Waals surface area contributed by atoms with E-state index in [4.69, 9.17) is 0 Å². The van der Waals surface area contributed by atoms with Crippen LogP contribution in [0.5, 0.6) is 0 Å². The van der Waals surface area contributed by atoms with Crippen molar-refractivity contribution < 1.29 is 0 Å². The van der Waals surface area contributed by atoms with Gasteiger partial charge in [-0.25, -0.2) is 0 Å². The second-order valence-corrected chi connectivity index (χ2v) is 6.94. The van der Waals surface area contributed by atoms with Crippen molar-refractivity contribution in [1.29, 1.82) is 0 Å². The highest BCUT2D eigenvalue weighted by atomic mass is 15.0. The molecule has 0 heterocycles. The zero-order chi connectivity index (χ0) is 11.1. The van der Waals surface area contributed by atoms with Crippen molar-refractivity contribution in [3.05, 3.63) is 0 Å². The normalized spacial score (nSPS) is 39.4. The molecule has 0 aromatic carbocycles. The lowest BCUT2D eigenvalue weighted by Gasteiger charge is -2.40. The molecule has 15 heavy (non-hydrogen) atoms. The van der Waals surface area contributed by atoms with Crippen LogP contribution in [-0.4, -0.2) is 12.1 Å². The maximum absolute atomic E-state index is 3.86. The minimum atomic E-state index is 0.596. The molecule has 0 spiro atoms. The Kier molecular flexibility index (Phi) is 3.12. The molecule has 2 saturated carbocycles. The minimum absolute atomic E-state index is 0.596. The highest BCUT2D eigenvalue weighted by Gasteiger charge is 2.36. The first kappa shape index (κ1) is 11.4. The van der Waals surface area contributed by atoms with Gasteiger partial charge in [0.2, 0.25) is 0 Å². The Hall–Kier alpha value is -0.0400. The van der Waals surface area contributed by atoms with E-state index in [0.717, 1.165) is 23.9 Å². The molecule has 1 unspecified atom stereocenters. The molecule has 0 amide bonds. The van der Waals surface area contributed by atoms with Gasteiger partial charge in [0.15, 0.2) is 0 Å². The predicted octanol–water partition coefficient (Wildman–Crippen LogP) is 3.59. The van der Waals surface area contributed by atoms with Crippen LogP contribution in [0.15, 0.2) is 0 Å². The van der Waals surface area contributed by atoms with Gasteiger partial charge in [-0.05, 0) is 49.4 Å². The van der Waals surface area contributed by atoms with Gasteiger partial charge in [-0.3, -0.25) is 0 Å². The smallest absolute Gasteiger partial charge is 0.00751 e. The molecular weight excluding hydrogens is 182 g/mol. The zero-order valence-corrected chi connectivity index (χ0v) is 10.8. The van der Waals surface area contributed by atoms with Crippen LogP contribution in [0.3, 0.4) is 0 Å². The molecule has 1 heteroatoms. The molecule has 1 N–H and O–H groups in total. The summed E-state index contributed by atoms with van der Waals surface area (Å²) in [6, 6.07) is 1.66. The Morgan fingerprint density at radius 3 is 2.27 bits per heavy atom. The highest BCUT2D eigenvalue weighted by molar-refractivity contribution is 4.93.